The smallest absolute Gasteiger partial charge is 0.106 e. The van der Waals surface area contributed by atoms with Crippen molar-refractivity contribution in [2.75, 3.05) is 6.61 Å². The number of aliphatic hydroxyl groups is 5. The van der Waals surface area contributed by atoms with Crippen LogP contribution in [0.5, 0.6) is 0 Å². The zero-order valence-electron chi connectivity index (χ0n) is 8.82. The van der Waals surface area contributed by atoms with Crippen LogP contribution in [0.25, 0.3) is 0 Å². The third kappa shape index (κ3) is 2.89. The van der Waals surface area contributed by atoms with Gasteiger partial charge in [-0.25, -0.2) is 0 Å². The fraction of sp³-hybridized carbons (Fsp3) is 1.00. The molecule has 5 heteroatoms. The maximum Gasteiger partial charge on any atom is 0.106 e. The Hall–Kier alpha value is -0.200. The largest absolute Gasteiger partial charge is 0.394 e. The molecule has 0 aliphatic heterocycles. The zero-order chi connectivity index (χ0) is 11.6. The van der Waals surface area contributed by atoms with Crippen molar-refractivity contribution in [2.24, 2.45) is 11.8 Å². The predicted octanol–water partition coefficient (Wildman–Crippen LogP) is -1.53. The molecule has 0 bridgehead atoms. The Balaban J connectivity index is 2.58. The standard InChI is InChI=1S/C10H20O5/c1-5-2-6(3-7(12)4-11)9(14)10(15)8(5)13/h5-15H,2-4H2,1H3/t5-,6+,7-,8-,9-,10-/m1/s1. The molecule has 1 rings (SSSR count). The van der Waals surface area contributed by atoms with E-state index in [1.165, 1.54) is 0 Å². The maximum absolute atomic E-state index is 9.67. The van der Waals surface area contributed by atoms with Crippen LogP contribution in [-0.4, -0.2) is 56.6 Å². The molecule has 0 aromatic heterocycles. The highest BCUT2D eigenvalue weighted by Crippen LogP contribution is 2.32. The van der Waals surface area contributed by atoms with Crippen molar-refractivity contribution in [1.82, 2.24) is 0 Å². The quantitative estimate of drug-likeness (QED) is 0.397. The first kappa shape index (κ1) is 12.9. The summed E-state index contributed by atoms with van der Waals surface area (Å²) in [5.41, 5.74) is 0. The summed E-state index contributed by atoms with van der Waals surface area (Å²) >= 11 is 0. The van der Waals surface area contributed by atoms with Crippen LogP contribution in [0.4, 0.5) is 0 Å². The lowest BCUT2D eigenvalue weighted by Crippen LogP contribution is -2.51. The molecule has 1 aliphatic rings. The van der Waals surface area contributed by atoms with E-state index >= 15 is 0 Å². The van der Waals surface area contributed by atoms with Crippen LogP contribution in [0.15, 0.2) is 0 Å². The number of hydrogen-bond acceptors (Lipinski definition) is 5. The fourth-order valence-corrected chi connectivity index (χ4v) is 2.23. The van der Waals surface area contributed by atoms with Gasteiger partial charge >= 0.3 is 0 Å². The second kappa shape index (κ2) is 5.23. The summed E-state index contributed by atoms with van der Waals surface area (Å²) in [6, 6.07) is 0. The van der Waals surface area contributed by atoms with E-state index in [1.54, 1.807) is 6.92 Å². The van der Waals surface area contributed by atoms with Gasteiger partial charge in [-0.05, 0) is 24.7 Å². The molecule has 0 radical (unpaired) electrons. The molecule has 0 heterocycles. The highest BCUT2D eigenvalue weighted by molar-refractivity contribution is 4.91. The highest BCUT2D eigenvalue weighted by atomic mass is 16.4. The highest BCUT2D eigenvalue weighted by Gasteiger charge is 2.40. The van der Waals surface area contributed by atoms with Crippen LogP contribution >= 0.6 is 0 Å². The van der Waals surface area contributed by atoms with Gasteiger partial charge in [0.05, 0.1) is 24.9 Å². The average molecular weight is 220 g/mol. The van der Waals surface area contributed by atoms with E-state index in [1.807, 2.05) is 0 Å². The summed E-state index contributed by atoms with van der Waals surface area (Å²) in [7, 11) is 0. The minimum Gasteiger partial charge on any atom is -0.394 e. The molecule has 0 amide bonds. The minimum atomic E-state index is -1.16. The predicted molar refractivity (Wildman–Crippen MR) is 53.0 cm³/mol. The van der Waals surface area contributed by atoms with E-state index in [-0.39, 0.29) is 24.9 Å². The second-order valence-corrected chi connectivity index (χ2v) is 4.52. The molecule has 1 aliphatic carbocycles. The van der Waals surface area contributed by atoms with Gasteiger partial charge in [0.2, 0.25) is 0 Å². The van der Waals surface area contributed by atoms with Gasteiger partial charge in [0.1, 0.15) is 6.10 Å². The van der Waals surface area contributed by atoms with Crippen molar-refractivity contribution in [3.05, 3.63) is 0 Å². The summed E-state index contributed by atoms with van der Waals surface area (Å²) in [6.07, 6.45) is -3.20. The van der Waals surface area contributed by atoms with Gasteiger partial charge in [0.25, 0.3) is 0 Å². The van der Waals surface area contributed by atoms with Gasteiger partial charge in [0, 0.05) is 0 Å². The fourth-order valence-electron chi connectivity index (χ4n) is 2.23. The summed E-state index contributed by atoms with van der Waals surface area (Å²) < 4.78 is 0. The Bertz CT molecular complexity index is 196. The second-order valence-electron chi connectivity index (χ2n) is 4.52. The van der Waals surface area contributed by atoms with Crippen LogP contribution in [0.2, 0.25) is 0 Å². The van der Waals surface area contributed by atoms with Gasteiger partial charge in [-0.15, -0.1) is 0 Å². The molecule has 5 N–H and O–H groups in total. The van der Waals surface area contributed by atoms with Gasteiger partial charge in [0.15, 0.2) is 0 Å². The van der Waals surface area contributed by atoms with E-state index in [0.29, 0.717) is 6.42 Å². The Kier molecular flexibility index (Phi) is 4.48. The van der Waals surface area contributed by atoms with Crippen LogP contribution < -0.4 is 0 Å². The molecule has 0 aromatic rings. The van der Waals surface area contributed by atoms with Crippen molar-refractivity contribution in [3.63, 3.8) is 0 Å². The molecule has 0 aromatic carbocycles. The van der Waals surface area contributed by atoms with Crippen molar-refractivity contribution >= 4 is 0 Å². The zero-order valence-corrected chi connectivity index (χ0v) is 8.82. The van der Waals surface area contributed by atoms with Crippen LogP contribution in [0.3, 0.4) is 0 Å². The molecule has 90 valence electrons. The lowest BCUT2D eigenvalue weighted by atomic mass is 9.74. The van der Waals surface area contributed by atoms with Crippen molar-refractivity contribution in [1.29, 1.82) is 0 Å². The van der Waals surface area contributed by atoms with Crippen molar-refractivity contribution in [2.45, 2.75) is 44.2 Å². The molecule has 5 nitrogen and oxygen atoms in total. The van der Waals surface area contributed by atoms with E-state index in [9.17, 15) is 20.4 Å². The molecule has 1 saturated carbocycles. The van der Waals surface area contributed by atoms with E-state index in [2.05, 4.69) is 0 Å². The lowest BCUT2D eigenvalue weighted by Gasteiger charge is -2.39. The molecular formula is C10H20O5. The first-order valence-electron chi connectivity index (χ1n) is 5.30. The van der Waals surface area contributed by atoms with Gasteiger partial charge in [-0.2, -0.15) is 0 Å². The molecule has 6 atom stereocenters. The third-order valence-corrected chi connectivity index (χ3v) is 3.23. The first-order valence-corrected chi connectivity index (χ1v) is 5.30. The topological polar surface area (TPSA) is 101 Å². The first-order chi connectivity index (χ1) is 6.97. The van der Waals surface area contributed by atoms with Crippen molar-refractivity contribution in [3.8, 4) is 0 Å². The number of rotatable bonds is 3. The van der Waals surface area contributed by atoms with Crippen LogP contribution in [0.1, 0.15) is 19.8 Å². The van der Waals surface area contributed by atoms with Crippen molar-refractivity contribution < 1.29 is 25.5 Å². The average Bonchev–Trinajstić information content (AvgIpc) is 2.22. The summed E-state index contributed by atoms with van der Waals surface area (Å²) in [5, 5.41) is 46.7. The SMILES string of the molecule is C[C@@H]1C[C@@H](C[C@@H](O)CO)[C@@H](O)[C@H](O)[C@@H]1O. The molecule has 1 fully saturated rings. The number of aliphatic hydroxyl groups excluding tert-OH is 5. The summed E-state index contributed by atoms with van der Waals surface area (Å²) in [5.74, 6) is -0.389. The maximum atomic E-state index is 9.67. The Morgan fingerprint density at radius 2 is 1.73 bits per heavy atom. The molecule has 0 saturated heterocycles. The van der Waals surface area contributed by atoms with Crippen LogP contribution in [0, 0.1) is 11.8 Å². The van der Waals surface area contributed by atoms with E-state index in [4.69, 9.17) is 5.11 Å². The minimum absolute atomic E-state index is 0.112. The van der Waals surface area contributed by atoms with Gasteiger partial charge < -0.3 is 25.5 Å². The van der Waals surface area contributed by atoms with E-state index in [0.717, 1.165) is 0 Å². The monoisotopic (exact) mass is 220 g/mol. The lowest BCUT2D eigenvalue weighted by molar-refractivity contribution is -0.138. The molecule has 15 heavy (non-hydrogen) atoms. The molecular weight excluding hydrogens is 200 g/mol. The third-order valence-electron chi connectivity index (χ3n) is 3.23. The normalized spacial score (nSPS) is 44.0. The Labute approximate surface area is 89.0 Å². The van der Waals surface area contributed by atoms with Crippen LogP contribution in [-0.2, 0) is 0 Å². The number of hydrogen-bond donors (Lipinski definition) is 5. The molecule has 0 unspecified atom stereocenters. The van der Waals surface area contributed by atoms with Gasteiger partial charge in [-0.3, -0.25) is 0 Å². The molecule has 0 spiro atoms. The Morgan fingerprint density at radius 3 is 2.27 bits per heavy atom. The summed E-state index contributed by atoms with van der Waals surface area (Å²) in [6.45, 7) is 1.44. The Morgan fingerprint density at radius 1 is 1.13 bits per heavy atom. The summed E-state index contributed by atoms with van der Waals surface area (Å²) in [4.78, 5) is 0. The van der Waals surface area contributed by atoms with E-state index < -0.39 is 24.4 Å². The van der Waals surface area contributed by atoms with Gasteiger partial charge in [-0.1, -0.05) is 6.92 Å².